The number of carboxylic acid groups (broad SMARTS) is 1. The molecule has 0 aromatic heterocycles. The first-order chi connectivity index (χ1) is 10.6. The van der Waals surface area contributed by atoms with Crippen molar-refractivity contribution in [1.82, 2.24) is 0 Å². The first-order valence-electron chi connectivity index (χ1n) is 9.21. The van der Waals surface area contributed by atoms with Crippen molar-refractivity contribution in [2.24, 2.45) is 22.7 Å². The molecule has 3 nitrogen and oxygen atoms in total. The lowest BCUT2D eigenvalue weighted by Gasteiger charge is -2.59. The van der Waals surface area contributed by atoms with E-state index in [0.717, 1.165) is 18.4 Å². The van der Waals surface area contributed by atoms with Gasteiger partial charge in [-0.15, -0.1) is 0 Å². The molecule has 3 heteroatoms. The molecule has 2 aliphatic carbocycles. The summed E-state index contributed by atoms with van der Waals surface area (Å²) in [5.74, 6) is 0.547. The van der Waals surface area contributed by atoms with Gasteiger partial charge < -0.3 is 9.84 Å². The fourth-order valence-electron chi connectivity index (χ4n) is 5.92. The van der Waals surface area contributed by atoms with Gasteiger partial charge in [-0.3, -0.25) is 0 Å². The molecule has 2 saturated carbocycles. The van der Waals surface area contributed by atoms with Crippen LogP contribution in [0, 0.1) is 22.7 Å². The Morgan fingerprint density at radius 1 is 1.26 bits per heavy atom. The van der Waals surface area contributed by atoms with E-state index in [1.807, 2.05) is 6.92 Å². The molecule has 23 heavy (non-hydrogen) atoms. The second-order valence-corrected chi connectivity index (χ2v) is 9.04. The molecule has 0 bridgehead atoms. The average molecular weight is 320 g/mol. The van der Waals surface area contributed by atoms with E-state index in [9.17, 15) is 4.79 Å². The minimum atomic E-state index is -0.825. The summed E-state index contributed by atoms with van der Waals surface area (Å²) in [6.07, 6.45) is 8.82. The molecule has 0 amide bonds. The first-order valence-corrected chi connectivity index (χ1v) is 9.21. The molecular formula is C20H32O3. The first kappa shape index (κ1) is 17.0. The van der Waals surface area contributed by atoms with E-state index in [4.69, 9.17) is 9.84 Å². The van der Waals surface area contributed by atoms with Crippen LogP contribution >= 0.6 is 0 Å². The van der Waals surface area contributed by atoms with Crippen LogP contribution in [0.15, 0.2) is 11.6 Å². The Hall–Kier alpha value is -0.830. The van der Waals surface area contributed by atoms with Crippen molar-refractivity contribution in [3.63, 3.8) is 0 Å². The van der Waals surface area contributed by atoms with Crippen molar-refractivity contribution in [3.05, 3.63) is 11.6 Å². The minimum absolute atomic E-state index is 0.0866. The Morgan fingerprint density at radius 2 is 1.96 bits per heavy atom. The van der Waals surface area contributed by atoms with E-state index in [2.05, 4.69) is 27.7 Å². The summed E-state index contributed by atoms with van der Waals surface area (Å²) >= 11 is 0. The summed E-state index contributed by atoms with van der Waals surface area (Å²) in [5, 5.41) is 8.95. The van der Waals surface area contributed by atoms with Crippen LogP contribution in [0.2, 0.25) is 0 Å². The number of hydrogen-bond acceptors (Lipinski definition) is 2. The molecule has 3 aliphatic rings. The maximum absolute atomic E-state index is 10.9. The van der Waals surface area contributed by atoms with Gasteiger partial charge >= 0.3 is 5.97 Å². The lowest BCUT2D eigenvalue weighted by atomic mass is 9.44. The Kier molecular flexibility index (Phi) is 3.95. The Morgan fingerprint density at radius 3 is 2.61 bits per heavy atom. The number of hydrogen-bond donors (Lipinski definition) is 1. The zero-order chi connectivity index (χ0) is 17.0. The van der Waals surface area contributed by atoms with E-state index in [1.165, 1.54) is 31.8 Å². The van der Waals surface area contributed by atoms with Gasteiger partial charge in [0.1, 0.15) is 0 Å². The number of carboxylic acids is 1. The van der Waals surface area contributed by atoms with E-state index in [1.54, 1.807) is 0 Å². The number of epoxide rings is 1. The Bertz CT molecular complexity index is 539. The van der Waals surface area contributed by atoms with Crippen LogP contribution < -0.4 is 0 Å². The van der Waals surface area contributed by atoms with E-state index < -0.39 is 5.97 Å². The third-order valence-electron chi connectivity index (χ3n) is 8.01. The van der Waals surface area contributed by atoms with Gasteiger partial charge in [0.25, 0.3) is 0 Å². The van der Waals surface area contributed by atoms with E-state index >= 15 is 0 Å². The molecular weight excluding hydrogens is 288 g/mol. The second kappa shape index (κ2) is 5.34. The predicted octanol–water partition coefficient (Wildman–Crippen LogP) is 4.81. The summed E-state index contributed by atoms with van der Waals surface area (Å²) in [5.41, 5.74) is 1.63. The molecule has 1 N–H and O–H groups in total. The van der Waals surface area contributed by atoms with Gasteiger partial charge in [0, 0.05) is 11.5 Å². The topological polar surface area (TPSA) is 49.8 Å². The number of fused-ring (bicyclic) bond motifs is 3. The van der Waals surface area contributed by atoms with Crippen molar-refractivity contribution in [2.75, 3.05) is 0 Å². The number of carbonyl (C=O) groups is 1. The Balaban J connectivity index is 1.82. The lowest BCUT2D eigenvalue weighted by molar-refractivity contribution is -0.131. The van der Waals surface area contributed by atoms with E-state index in [0.29, 0.717) is 17.9 Å². The largest absolute Gasteiger partial charge is 0.478 e. The number of rotatable bonds is 4. The fraction of sp³-hybridized carbons (Fsp3) is 0.850. The number of ether oxygens (including phenoxy) is 1. The molecule has 1 saturated heterocycles. The highest BCUT2D eigenvalue weighted by Crippen LogP contribution is 2.70. The minimum Gasteiger partial charge on any atom is -0.478 e. The highest BCUT2D eigenvalue weighted by atomic mass is 16.6. The summed E-state index contributed by atoms with van der Waals surface area (Å²) in [6, 6.07) is 0. The van der Waals surface area contributed by atoms with Gasteiger partial charge in [0.05, 0.1) is 11.7 Å². The molecule has 1 heterocycles. The van der Waals surface area contributed by atoms with Crippen LogP contribution in [0.1, 0.15) is 73.1 Å². The van der Waals surface area contributed by atoms with Crippen LogP contribution in [0.25, 0.3) is 0 Å². The standard InChI is InChI=1S/C20H32O3/c1-13(12-17(21)22)8-10-18(3)14(2)9-11-19(4)15(18)6-7-16-20(19,5)23-16/h12,14-16H,6-11H2,1-5H3,(H,21,22)/b13-12+/t14-,15-,16+,18+,19+,20+/m0/s1. The average Bonchev–Trinajstić information content (AvgIpc) is 3.14. The molecule has 3 fully saturated rings. The van der Waals surface area contributed by atoms with Crippen molar-refractivity contribution in [1.29, 1.82) is 0 Å². The molecule has 1 aliphatic heterocycles. The molecule has 6 atom stereocenters. The van der Waals surface area contributed by atoms with Gasteiger partial charge in [-0.2, -0.15) is 0 Å². The molecule has 0 aromatic rings. The third-order valence-corrected chi connectivity index (χ3v) is 8.01. The zero-order valence-corrected chi connectivity index (χ0v) is 15.3. The van der Waals surface area contributed by atoms with Crippen LogP contribution in [0.4, 0.5) is 0 Å². The van der Waals surface area contributed by atoms with Gasteiger partial charge in [-0.1, -0.05) is 26.3 Å². The monoisotopic (exact) mass is 320 g/mol. The highest BCUT2D eigenvalue weighted by molar-refractivity contribution is 5.80. The summed E-state index contributed by atoms with van der Waals surface area (Å²) in [7, 11) is 0. The zero-order valence-electron chi connectivity index (χ0n) is 15.3. The molecule has 0 unspecified atom stereocenters. The maximum atomic E-state index is 10.9. The van der Waals surface area contributed by atoms with Crippen molar-refractivity contribution < 1.29 is 14.6 Å². The van der Waals surface area contributed by atoms with Gasteiger partial charge in [-0.05, 0) is 69.6 Å². The quantitative estimate of drug-likeness (QED) is 0.597. The van der Waals surface area contributed by atoms with E-state index in [-0.39, 0.29) is 16.4 Å². The summed E-state index contributed by atoms with van der Waals surface area (Å²) in [4.78, 5) is 10.9. The van der Waals surface area contributed by atoms with Crippen molar-refractivity contribution >= 4 is 5.97 Å². The maximum Gasteiger partial charge on any atom is 0.328 e. The molecule has 3 rings (SSSR count). The van der Waals surface area contributed by atoms with Gasteiger partial charge in [0.15, 0.2) is 0 Å². The number of aliphatic carboxylic acids is 1. The predicted molar refractivity (Wildman–Crippen MR) is 91.2 cm³/mol. The molecule has 0 aromatic carbocycles. The second-order valence-electron chi connectivity index (χ2n) is 9.04. The highest BCUT2D eigenvalue weighted by Gasteiger charge is 2.71. The van der Waals surface area contributed by atoms with Crippen LogP contribution in [0.3, 0.4) is 0 Å². The van der Waals surface area contributed by atoms with Crippen molar-refractivity contribution in [3.8, 4) is 0 Å². The van der Waals surface area contributed by atoms with Crippen LogP contribution in [-0.2, 0) is 9.53 Å². The Labute approximate surface area is 140 Å². The van der Waals surface area contributed by atoms with Gasteiger partial charge in [0.2, 0.25) is 0 Å². The normalized spacial score (nSPS) is 49.3. The molecule has 130 valence electrons. The van der Waals surface area contributed by atoms with Crippen molar-refractivity contribution in [2.45, 2.75) is 84.8 Å². The molecule has 0 radical (unpaired) electrons. The summed E-state index contributed by atoms with van der Waals surface area (Å²) in [6.45, 7) is 11.6. The van der Waals surface area contributed by atoms with Gasteiger partial charge in [-0.25, -0.2) is 4.79 Å². The lowest BCUT2D eigenvalue weighted by Crippen LogP contribution is -2.56. The van der Waals surface area contributed by atoms with Crippen LogP contribution in [-0.4, -0.2) is 22.8 Å². The summed E-state index contributed by atoms with van der Waals surface area (Å²) < 4.78 is 6.16. The fourth-order valence-corrected chi connectivity index (χ4v) is 5.92. The SMILES string of the molecule is C/C(=C\C(=O)O)CC[C@]1(C)[C@@H](C)CC[C@]2(C)[C@H]1CC[C@H]1O[C@]12C. The smallest absolute Gasteiger partial charge is 0.328 e. The molecule has 0 spiro atoms. The van der Waals surface area contributed by atoms with Crippen LogP contribution in [0.5, 0.6) is 0 Å². The third kappa shape index (κ3) is 2.47. The number of allylic oxidation sites excluding steroid dienone is 1.